The van der Waals surface area contributed by atoms with Crippen molar-refractivity contribution in [3.8, 4) is 5.75 Å². The van der Waals surface area contributed by atoms with Crippen LogP contribution in [0.2, 0.25) is 0 Å². The first kappa shape index (κ1) is 9.00. The molecule has 2 aromatic rings. The molecular formula is C12H13NO. The van der Waals surface area contributed by atoms with Crippen LogP contribution < -0.4 is 4.74 Å². The molecule has 0 bridgehead atoms. The van der Waals surface area contributed by atoms with Crippen LogP contribution in [-0.4, -0.2) is 12.1 Å². The van der Waals surface area contributed by atoms with Crippen molar-refractivity contribution in [1.29, 1.82) is 0 Å². The quantitative estimate of drug-likeness (QED) is 0.721. The fraction of sp³-hybridized carbons (Fsp3) is 0.250. The molecule has 0 spiro atoms. The number of fused-ring (bicyclic) bond motifs is 1. The maximum absolute atomic E-state index is 5.29. The van der Waals surface area contributed by atoms with E-state index in [0.717, 1.165) is 17.6 Å². The largest absolute Gasteiger partial charge is 0.496 e. The Hall–Kier alpha value is -1.57. The number of ether oxygens (including phenoxy) is 1. The maximum atomic E-state index is 5.29. The molecule has 0 fully saturated rings. The highest BCUT2D eigenvalue weighted by Crippen LogP contribution is 2.27. The zero-order valence-electron chi connectivity index (χ0n) is 8.45. The molecule has 0 aliphatic carbocycles. The van der Waals surface area contributed by atoms with E-state index < -0.39 is 0 Å². The Bertz CT molecular complexity index is 409. The second-order valence-corrected chi connectivity index (χ2v) is 3.20. The summed E-state index contributed by atoms with van der Waals surface area (Å²) in [6, 6.07) is 6.15. The minimum atomic E-state index is 0.894. The highest BCUT2D eigenvalue weighted by Gasteiger charge is 2.04. The van der Waals surface area contributed by atoms with Crippen LogP contribution in [0.3, 0.4) is 0 Å². The van der Waals surface area contributed by atoms with E-state index in [2.05, 4.69) is 18.0 Å². The van der Waals surface area contributed by atoms with Crippen LogP contribution in [0, 0.1) is 0 Å². The lowest BCUT2D eigenvalue weighted by atomic mass is 10.0. The van der Waals surface area contributed by atoms with Crippen LogP contribution in [0.1, 0.15) is 12.5 Å². The predicted molar refractivity (Wildman–Crippen MR) is 57.7 cm³/mol. The summed E-state index contributed by atoms with van der Waals surface area (Å²) in [4.78, 5) is 4.12. The van der Waals surface area contributed by atoms with Crippen molar-refractivity contribution in [3.63, 3.8) is 0 Å². The van der Waals surface area contributed by atoms with Crippen molar-refractivity contribution >= 4 is 10.8 Å². The molecule has 0 atom stereocenters. The highest BCUT2D eigenvalue weighted by atomic mass is 16.5. The first-order valence-corrected chi connectivity index (χ1v) is 4.76. The molecule has 1 heterocycles. The third-order valence-corrected chi connectivity index (χ3v) is 2.47. The lowest BCUT2D eigenvalue weighted by Gasteiger charge is -2.08. The summed E-state index contributed by atoms with van der Waals surface area (Å²) in [6.45, 7) is 2.15. The second kappa shape index (κ2) is 3.66. The summed E-state index contributed by atoms with van der Waals surface area (Å²) in [6.07, 6.45) is 4.71. The van der Waals surface area contributed by atoms with Crippen LogP contribution in [-0.2, 0) is 6.42 Å². The molecule has 0 aliphatic rings. The third kappa shape index (κ3) is 1.33. The Kier molecular flexibility index (Phi) is 2.35. The zero-order valence-corrected chi connectivity index (χ0v) is 8.45. The number of aryl methyl sites for hydroxylation is 1. The molecule has 72 valence electrons. The van der Waals surface area contributed by atoms with Crippen LogP contribution in [0.4, 0.5) is 0 Å². The molecule has 0 amide bonds. The van der Waals surface area contributed by atoms with Gasteiger partial charge in [0.15, 0.2) is 0 Å². The molecule has 0 unspecified atom stereocenters. The molecule has 2 rings (SSSR count). The Morgan fingerprint density at radius 2 is 2.07 bits per heavy atom. The van der Waals surface area contributed by atoms with Gasteiger partial charge in [0.1, 0.15) is 5.75 Å². The maximum Gasteiger partial charge on any atom is 0.128 e. The fourth-order valence-corrected chi connectivity index (χ4v) is 1.71. The monoisotopic (exact) mass is 187 g/mol. The smallest absolute Gasteiger partial charge is 0.128 e. The zero-order chi connectivity index (χ0) is 9.97. The normalized spacial score (nSPS) is 10.4. The summed E-state index contributed by atoms with van der Waals surface area (Å²) in [5.74, 6) is 0.894. The summed E-state index contributed by atoms with van der Waals surface area (Å²) in [7, 11) is 1.69. The number of hydrogen-bond acceptors (Lipinski definition) is 2. The summed E-state index contributed by atoms with van der Waals surface area (Å²) in [5, 5.41) is 2.33. The van der Waals surface area contributed by atoms with Gasteiger partial charge in [0.2, 0.25) is 0 Å². The average Bonchev–Trinajstić information content (AvgIpc) is 2.27. The first-order chi connectivity index (χ1) is 6.86. The standard InChI is InChI=1S/C12H13NO/c1-3-9-4-5-12(14-2)11-8-13-7-6-10(9)11/h4-8H,3H2,1-2H3. The van der Waals surface area contributed by atoms with Crippen molar-refractivity contribution in [1.82, 2.24) is 4.98 Å². The fourth-order valence-electron chi connectivity index (χ4n) is 1.71. The van der Waals surface area contributed by atoms with Crippen molar-refractivity contribution in [2.24, 2.45) is 0 Å². The van der Waals surface area contributed by atoms with E-state index >= 15 is 0 Å². The molecule has 14 heavy (non-hydrogen) atoms. The van der Waals surface area contributed by atoms with Gasteiger partial charge in [0.25, 0.3) is 0 Å². The van der Waals surface area contributed by atoms with Crippen LogP contribution in [0.5, 0.6) is 5.75 Å². The molecule has 0 saturated heterocycles. The lowest BCUT2D eigenvalue weighted by molar-refractivity contribution is 0.419. The van der Waals surface area contributed by atoms with Crippen LogP contribution in [0.25, 0.3) is 10.8 Å². The number of pyridine rings is 1. The molecule has 0 saturated carbocycles. The minimum absolute atomic E-state index is 0.894. The first-order valence-electron chi connectivity index (χ1n) is 4.76. The van der Waals surface area contributed by atoms with E-state index in [1.165, 1.54) is 10.9 Å². The van der Waals surface area contributed by atoms with Crippen LogP contribution >= 0.6 is 0 Å². The predicted octanol–water partition coefficient (Wildman–Crippen LogP) is 2.81. The highest BCUT2D eigenvalue weighted by molar-refractivity contribution is 5.90. The van der Waals surface area contributed by atoms with E-state index in [9.17, 15) is 0 Å². The number of nitrogens with zero attached hydrogens (tertiary/aromatic N) is 1. The van der Waals surface area contributed by atoms with Gasteiger partial charge < -0.3 is 4.74 Å². The number of benzene rings is 1. The van der Waals surface area contributed by atoms with E-state index in [-0.39, 0.29) is 0 Å². The van der Waals surface area contributed by atoms with Gasteiger partial charge in [0.05, 0.1) is 7.11 Å². The molecule has 2 nitrogen and oxygen atoms in total. The van der Waals surface area contributed by atoms with Crippen molar-refractivity contribution < 1.29 is 4.74 Å². The van der Waals surface area contributed by atoms with Gasteiger partial charge in [-0.1, -0.05) is 13.0 Å². The third-order valence-electron chi connectivity index (χ3n) is 2.47. The van der Waals surface area contributed by atoms with Crippen molar-refractivity contribution in [3.05, 3.63) is 36.2 Å². The van der Waals surface area contributed by atoms with Crippen molar-refractivity contribution in [2.45, 2.75) is 13.3 Å². The minimum Gasteiger partial charge on any atom is -0.496 e. The van der Waals surface area contributed by atoms with Gasteiger partial charge in [-0.25, -0.2) is 0 Å². The molecule has 0 aliphatic heterocycles. The van der Waals surface area contributed by atoms with Gasteiger partial charge in [-0.05, 0) is 29.5 Å². The Morgan fingerprint density at radius 3 is 2.79 bits per heavy atom. The number of hydrogen-bond donors (Lipinski definition) is 0. The van der Waals surface area contributed by atoms with E-state index in [4.69, 9.17) is 4.74 Å². The van der Waals surface area contributed by atoms with Gasteiger partial charge in [-0.3, -0.25) is 4.98 Å². The SMILES string of the molecule is CCc1ccc(OC)c2cnccc12. The Labute approximate surface area is 83.5 Å². The van der Waals surface area contributed by atoms with Crippen molar-refractivity contribution in [2.75, 3.05) is 7.11 Å². The lowest BCUT2D eigenvalue weighted by Crippen LogP contribution is -1.89. The summed E-state index contributed by atoms with van der Waals surface area (Å²) in [5.41, 5.74) is 1.34. The second-order valence-electron chi connectivity index (χ2n) is 3.20. The van der Waals surface area contributed by atoms with Gasteiger partial charge >= 0.3 is 0 Å². The van der Waals surface area contributed by atoms with E-state index in [1.807, 2.05) is 24.5 Å². The molecule has 2 heteroatoms. The Balaban J connectivity index is 2.78. The van der Waals surface area contributed by atoms with E-state index in [0.29, 0.717) is 0 Å². The topological polar surface area (TPSA) is 22.1 Å². The Morgan fingerprint density at radius 1 is 1.21 bits per heavy atom. The van der Waals surface area contributed by atoms with Gasteiger partial charge in [-0.15, -0.1) is 0 Å². The molecule has 1 aromatic heterocycles. The summed E-state index contributed by atoms with van der Waals surface area (Å²) < 4.78 is 5.29. The molecular weight excluding hydrogens is 174 g/mol. The van der Waals surface area contributed by atoms with E-state index in [1.54, 1.807) is 7.11 Å². The van der Waals surface area contributed by atoms with Gasteiger partial charge in [0, 0.05) is 17.8 Å². The molecule has 1 aromatic carbocycles. The number of aromatic nitrogens is 1. The molecule has 0 N–H and O–H groups in total. The van der Waals surface area contributed by atoms with Gasteiger partial charge in [-0.2, -0.15) is 0 Å². The molecule has 0 radical (unpaired) electrons. The average molecular weight is 187 g/mol. The summed E-state index contributed by atoms with van der Waals surface area (Å²) >= 11 is 0. The number of methoxy groups -OCH3 is 1. The van der Waals surface area contributed by atoms with Crippen LogP contribution in [0.15, 0.2) is 30.6 Å². The number of rotatable bonds is 2.